The Bertz CT molecular complexity index is 559. The summed E-state index contributed by atoms with van der Waals surface area (Å²) in [5.41, 5.74) is 1.31. The van der Waals surface area contributed by atoms with Crippen molar-refractivity contribution in [2.75, 3.05) is 19.7 Å². The number of aliphatic hydroxyl groups excluding tert-OH is 1. The summed E-state index contributed by atoms with van der Waals surface area (Å²) in [4.78, 5) is 14.4. The number of piperidine rings is 1. The van der Waals surface area contributed by atoms with Crippen LogP contribution < -0.4 is 0 Å². The first-order chi connectivity index (χ1) is 11.0. The molecule has 1 aromatic rings. The second-order valence-electron chi connectivity index (χ2n) is 7.08. The molecule has 1 aromatic heterocycles. The number of carbonyl (C=O) groups is 1. The average Bonchev–Trinajstić information content (AvgIpc) is 3.04. The summed E-state index contributed by atoms with van der Waals surface area (Å²) < 4.78 is 5.77. The first-order valence-corrected chi connectivity index (χ1v) is 8.62. The number of H-pyrrole nitrogens is 1. The summed E-state index contributed by atoms with van der Waals surface area (Å²) in [7, 11) is 0. The number of aliphatic hydroxyl groups is 1. The number of aromatic nitrogens is 2. The van der Waals surface area contributed by atoms with E-state index >= 15 is 0 Å². The van der Waals surface area contributed by atoms with E-state index in [1.807, 2.05) is 17.9 Å². The number of rotatable bonds is 4. The van der Waals surface area contributed by atoms with E-state index in [0.29, 0.717) is 31.3 Å². The van der Waals surface area contributed by atoms with Crippen LogP contribution in [-0.4, -0.2) is 58.0 Å². The molecule has 1 spiro atoms. The predicted molar refractivity (Wildman–Crippen MR) is 86.3 cm³/mol. The fourth-order valence-electron chi connectivity index (χ4n) is 3.85. The Morgan fingerprint density at radius 1 is 1.52 bits per heavy atom. The number of carbonyl (C=O) groups excluding carboxylic acids is 1. The van der Waals surface area contributed by atoms with E-state index in [4.69, 9.17) is 4.74 Å². The highest BCUT2D eigenvalue weighted by atomic mass is 16.5. The van der Waals surface area contributed by atoms with Gasteiger partial charge in [0.1, 0.15) is 5.69 Å². The van der Waals surface area contributed by atoms with Gasteiger partial charge in [0, 0.05) is 37.2 Å². The van der Waals surface area contributed by atoms with Crippen LogP contribution in [-0.2, 0) is 4.74 Å². The molecular formula is C17H27N3O3. The summed E-state index contributed by atoms with van der Waals surface area (Å²) in [6, 6.07) is 1.85. The molecule has 2 atom stereocenters. The van der Waals surface area contributed by atoms with Crippen molar-refractivity contribution in [1.29, 1.82) is 0 Å². The van der Waals surface area contributed by atoms with Crippen LogP contribution >= 0.6 is 0 Å². The van der Waals surface area contributed by atoms with Gasteiger partial charge in [-0.3, -0.25) is 9.89 Å². The normalized spacial score (nSPS) is 26.6. The standard InChI is InChI=1S/C17H27N3O3/c1-4-23-15-10-14(21)17(15)5-7-20(8-6-17)16(22)13-9-12(11(2)3)18-19-13/h9,11,14-15,21H,4-8,10H2,1-3H3,(H,18,19). The maximum Gasteiger partial charge on any atom is 0.274 e. The van der Waals surface area contributed by atoms with Crippen molar-refractivity contribution in [3.63, 3.8) is 0 Å². The summed E-state index contributed by atoms with van der Waals surface area (Å²) in [6.07, 6.45) is 2.16. The number of nitrogens with one attached hydrogen (secondary N) is 1. The van der Waals surface area contributed by atoms with Gasteiger partial charge in [0.05, 0.1) is 12.2 Å². The predicted octanol–water partition coefficient (Wildman–Crippen LogP) is 1.93. The Kier molecular flexibility index (Phi) is 4.47. The molecule has 0 radical (unpaired) electrons. The molecule has 2 heterocycles. The van der Waals surface area contributed by atoms with Gasteiger partial charge >= 0.3 is 0 Å². The Labute approximate surface area is 137 Å². The fraction of sp³-hybridized carbons (Fsp3) is 0.765. The summed E-state index contributed by atoms with van der Waals surface area (Å²) in [5, 5.41) is 17.3. The van der Waals surface area contributed by atoms with Crippen molar-refractivity contribution in [2.24, 2.45) is 5.41 Å². The van der Waals surface area contributed by atoms with Crippen LogP contribution in [0.25, 0.3) is 0 Å². The topological polar surface area (TPSA) is 78.5 Å². The number of ether oxygens (including phenoxy) is 1. The lowest BCUT2D eigenvalue weighted by atomic mass is 9.58. The molecular weight excluding hydrogens is 294 g/mol. The summed E-state index contributed by atoms with van der Waals surface area (Å²) in [6.45, 7) is 8.11. The third-order valence-corrected chi connectivity index (χ3v) is 5.53. The van der Waals surface area contributed by atoms with Crippen LogP contribution in [0.15, 0.2) is 6.07 Å². The Morgan fingerprint density at radius 2 is 2.22 bits per heavy atom. The molecule has 1 saturated heterocycles. The molecule has 1 aliphatic heterocycles. The van der Waals surface area contributed by atoms with Crippen LogP contribution in [0.5, 0.6) is 0 Å². The van der Waals surface area contributed by atoms with E-state index in [0.717, 1.165) is 25.0 Å². The molecule has 2 unspecified atom stereocenters. The zero-order valence-corrected chi connectivity index (χ0v) is 14.2. The summed E-state index contributed by atoms with van der Waals surface area (Å²) >= 11 is 0. The maximum atomic E-state index is 12.6. The molecule has 0 aromatic carbocycles. The maximum absolute atomic E-state index is 12.6. The van der Waals surface area contributed by atoms with Gasteiger partial charge in [-0.25, -0.2) is 0 Å². The molecule has 1 amide bonds. The van der Waals surface area contributed by atoms with Gasteiger partial charge in [-0.1, -0.05) is 13.8 Å². The molecule has 6 heteroatoms. The van der Waals surface area contributed by atoms with Crippen molar-refractivity contribution in [1.82, 2.24) is 15.1 Å². The largest absolute Gasteiger partial charge is 0.392 e. The molecule has 2 fully saturated rings. The smallest absolute Gasteiger partial charge is 0.274 e. The Balaban J connectivity index is 1.63. The summed E-state index contributed by atoms with van der Waals surface area (Å²) in [5.74, 6) is 0.301. The van der Waals surface area contributed by atoms with Crippen molar-refractivity contribution in [3.05, 3.63) is 17.5 Å². The number of nitrogens with zero attached hydrogens (tertiary/aromatic N) is 2. The third-order valence-electron chi connectivity index (χ3n) is 5.53. The van der Waals surface area contributed by atoms with Crippen molar-refractivity contribution >= 4 is 5.91 Å². The van der Waals surface area contributed by atoms with Gasteiger partial charge in [0.2, 0.25) is 0 Å². The number of hydrogen-bond donors (Lipinski definition) is 2. The first kappa shape index (κ1) is 16.5. The SMILES string of the molecule is CCOC1CC(O)C12CCN(C(=O)c1cc(C(C)C)[nH]n1)CC2. The van der Waals surface area contributed by atoms with Gasteiger partial charge < -0.3 is 14.7 Å². The van der Waals surface area contributed by atoms with Crippen molar-refractivity contribution in [3.8, 4) is 0 Å². The Morgan fingerprint density at radius 3 is 2.74 bits per heavy atom. The highest BCUT2D eigenvalue weighted by Gasteiger charge is 2.56. The van der Waals surface area contributed by atoms with E-state index in [2.05, 4.69) is 24.0 Å². The van der Waals surface area contributed by atoms with E-state index in [9.17, 15) is 9.90 Å². The molecule has 6 nitrogen and oxygen atoms in total. The van der Waals surface area contributed by atoms with Gasteiger partial charge in [0.25, 0.3) is 5.91 Å². The van der Waals surface area contributed by atoms with E-state index in [1.54, 1.807) is 0 Å². The number of likely N-dealkylation sites (tertiary alicyclic amines) is 1. The zero-order valence-electron chi connectivity index (χ0n) is 14.2. The lowest BCUT2D eigenvalue weighted by molar-refractivity contribution is -0.207. The van der Waals surface area contributed by atoms with E-state index < -0.39 is 0 Å². The lowest BCUT2D eigenvalue weighted by Crippen LogP contribution is -2.62. The van der Waals surface area contributed by atoms with Gasteiger partial charge in [-0.05, 0) is 31.7 Å². The fourth-order valence-corrected chi connectivity index (χ4v) is 3.85. The first-order valence-electron chi connectivity index (χ1n) is 8.62. The third kappa shape index (κ3) is 2.78. The highest BCUT2D eigenvalue weighted by Crippen LogP contribution is 2.51. The number of hydrogen-bond acceptors (Lipinski definition) is 4. The molecule has 2 N–H and O–H groups in total. The molecule has 128 valence electrons. The second kappa shape index (κ2) is 6.24. The van der Waals surface area contributed by atoms with Gasteiger partial charge in [0.15, 0.2) is 0 Å². The average molecular weight is 321 g/mol. The van der Waals surface area contributed by atoms with Gasteiger partial charge in [-0.15, -0.1) is 0 Å². The van der Waals surface area contributed by atoms with Crippen LogP contribution in [0, 0.1) is 5.41 Å². The molecule has 1 aliphatic carbocycles. The molecule has 2 aliphatic rings. The lowest BCUT2D eigenvalue weighted by Gasteiger charge is -2.56. The minimum Gasteiger partial charge on any atom is -0.392 e. The molecule has 0 bridgehead atoms. The van der Waals surface area contributed by atoms with Gasteiger partial charge in [-0.2, -0.15) is 5.10 Å². The van der Waals surface area contributed by atoms with Crippen LogP contribution in [0.4, 0.5) is 0 Å². The van der Waals surface area contributed by atoms with Crippen molar-refractivity contribution in [2.45, 2.75) is 58.2 Å². The molecule has 23 heavy (non-hydrogen) atoms. The minimum absolute atomic E-state index is 0.0234. The number of amides is 1. The van der Waals surface area contributed by atoms with Crippen LogP contribution in [0.3, 0.4) is 0 Å². The molecule has 3 rings (SSSR count). The highest BCUT2D eigenvalue weighted by molar-refractivity contribution is 5.92. The quantitative estimate of drug-likeness (QED) is 0.888. The van der Waals surface area contributed by atoms with Crippen molar-refractivity contribution < 1.29 is 14.6 Å². The zero-order chi connectivity index (χ0) is 16.6. The minimum atomic E-state index is -0.297. The molecule has 1 saturated carbocycles. The van der Waals surface area contributed by atoms with E-state index in [1.165, 1.54) is 0 Å². The second-order valence-corrected chi connectivity index (χ2v) is 7.08. The van der Waals surface area contributed by atoms with Crippen LogP contribution in [0.2, 0.25) is 0 Å². The van der Waals surface area contributed by atoms with Crippen LogP contribution in [0.1, 0.15) is 62.1 Å². The number of aromatic amines is 1. The van der Waals surface area contributed by atoms with E-state index in [-0.39, 0.29) is 23.5 Å². The Hall–Kier alpha value is -1.40. The monoisotopic (exact) mass is 321 g/mol.